The third kappa shape index (κ3) is 1.76. The molecule has 2 rings (SSSR count). The number of rotatable bonds is 1. The standard InChI is InChI=1S/C10H15F2N3/c1-7-4-6-14-15(7)9-8(13)3-2-5-10(9,11)12/h4,6,8-9H,2-3,5,13H2,1H3/t8-,9-/m1/s1. The number of nitrogens with two attached hydrogens (primary N) is 1. The zero-order valence-electron chi connectivity index (χ0n) is 8.66. The van der Waals surface area contributed by atoms with E-state index in [2.05, 4.69) is 5.10 Å². The first-order valence-corrected chi connectivity index (χ1v) is 5.16. The average Bonchev–Trinajstić information content (AvgIpc) is 2.50. The Morgan fingerprint density at radius 1 is 1.60 bits per heavy atom. The second-order valence-electron chi connectivity index (χ2n) is 4.18. The van der Waals surface area contributed by atoms with Gasteiger partial charge in [0.05, 0.1) is 0 Å². The van der Waals surface area contributed by atoms with E-state index in [4.69, 9.17) is 5.73 Å². The SMILES string of the molecule is Cc1ccnn1[C@@H]1[C@H](N)CCCC1(F)F. The summed E-state index contributed by atoms with van der Waals surface area (Å²) in [6.45, 7) is 1.77. The number of hydrogen-bond donors (Lipinski definition) is 1. The molecular formula is C10H15F2N3. The van der Waals surface area contributed by atoms with Crippen molar-refractivity contribution in [2.45, 2.75) is 44.2 Å². The van der Waals surface area contributed by atoms with Crippen molar-refractivity contribution in [1.29, 1.82) is 0 Å². The second kappa shape index (κ2) is 3.56. The van der Waals surface area contributed by atoms with Gasteiger partial charge in [0.25, 0.3) is 5.92 Å². The Morgan fingerprint density at radius 3 is 2.87 bits per heavy atom. The highest BCUT2D eigenvalue weighted by molar-refractivity contribution is 5.04. The lowest BCUT2D eigenvalue weighted by molar-refractivity contribution is -0.0896. The fourth-order valence-electron chi connectivity index (χ4n) is 2.22. The highest BCUT2D eigenvalue weighted by Crippen LogP contribution is 2.41. The maximum Gasteiger partial charge on any atom is 0.271 e. The summed E-state index contributed by atoms with van der Waals surface area (Å²) in [6, 6.07) is 0.228. The molecule has 0 aromatic carbocycles. The molecule has 5 heteroatoms. The van der Waals surface area contributed by atoms with Crippen LogP contribution in [0.25, 0.3) is 0 Å². The van der Waals surface area contributed by atoms with Gasteiger partial charge in [-0.25, -0.2) is 8.78 Å². The van der Waals surface area contributed by atoms with E-state index in [1.807, 2.05) is 0 Å². The molecule has 0 aliphatic heterocycles. The van der Waals surface area contributed by atoms with Crippen molar-refractivity contribution in [3.05, 3.63) is 18.0 Å². The van der Waals surface area contributed by atoms with Gasteiger partial charge in [-0.05, 0) is 25.8 Å². The fraction of sp³-hybridized carbons (Fsp3) is 0.700. The predicted octanol–water partition coefficient (Wildman–Crippen LogP) is 1.88. The van der Waals surface area contributed by atoms with Crippen LogP contribution in [0, 0.1) is 6.92 Å². The molecule has 0 unspecified atom stereocenters. The fourth-order valence-corrected chi connectivity index (χ4v) is 2.22. The Balaban J connectivity index is 2.36. The molecule has 1 aliphatic rings. The van der Waals surface area contributed by atoms with Crippen molar-refractivity contribution in [3.63, 3.8) is 0 Å². The molecule has 3 nitrogen and oxygen atoms in total. The maximum absolute atomic E-state index is 13.7. The van der Waals surface area contributed by atoms with Crippen LogP contribution < -0.4 is 5.73 Å². The Labute approximate surface area is 87.3 Å². The summed E-state index contributed by atoms with van der Waals surface area (Å²) < 4.78 is 28.8. The summed E-state index contributed by atoms with van der Waals surface area (Å²) in [6.07, 6.45) is 2.57. The van der Waals surface area contributed by atoms with E-state index in [1.54, 1.807) is 13.0 Å². The van der Waals surface area contributed by atoms with Gasteiger partial charge in [0.15, 0.2) is 0 Å². The highest BCUT2D eigenvalue weighted by Gasteiger charge is 2.47. The predicted molar refractivity (Wildman–Crippen MR) is 52.8 cm³/mol. The molecule has 2 atom stereocenters. The second-order valence-corrected chi connectivity index (χ2v) is 4.18. The van der Waals surface area contributed by atoms with Gasteiger partial charge in [-0.2, -0.15) is 5.10 Å². The minimum Gasteiger partial charge on any atom is -0.326 e. The first kappa shape index (κ1) is 10.5. The number of halogens is 2. The van der Waals surface area contributed by atoms with Crippen molar-refractivity contribution in [2.75, 3.05) is 0 Å². The maximum atomic E-state index is 13.7. The Morgan fingerprint density at radius 2 is 2.33 bits per heavy atom. The third-order valence-electron chi connectivity index (χ3n) is 3.02. The minimum absolute atomic E-state index is 0.0926. The van der Waals surface area contributed by atoms with Gasteiger partial charge in [-0.15, -0.1) is 0 Å². The molecule has 15 heavy (non-hydrogen) atoms. The molecule has 1 aliphatic carbocycles. The largest absolute Gasteiger partial charge is 0.326 e. The van der Waals surface area contributed by atoms with E-state index in [9.17, 15) is 8.78 Å². The number of alkyl halides is 2. The zero-order valence-corrected chi connectivity index (χ0v) is 8.66. The number of aryl methyl sites for hydroxylation is 1. The normalized spacial score (nSPS) is 30.4. The van der Waals surface area contributed by atoms with Crippen LogP contribution in [0.4, 0.5) is 8.78 Å². The van der Waals surface area contributed by atoms with Gasteiger partial charge < -0.3 is 5.73 Å². The first-order chi connectivity index (χ1) is 7.02. The van der Waals surface area contributed by atoms with Crippen molar-refractivity contribution in [2.24, 2.45) is 5.73 Å². The van der Waals surface area contributed by atoms with Gasteiger partial charge in [0, 0.05) is 24.4 Å². The van der Waals surface area contributed by atoms with Crippen LogP contribution in [-0.4, -0.2) is 21.7 Å². The molecular weight excluding hydrogens is 200 g/mol. The summed E-state index contributed by atoms with van der Waals surface area (Å²) in [5, 5.41) is 3.94. The molecule has 84 valence electrons. The molecule has 0 radical (unpaired) electrons. The van der Waals surface area contributed by atoms with E-state index in [1.165, 1.54) is 10.9 Å². The van der Waals surface area contributed by atoms with Crippen LogP contribution in [0.15, 0.2) is 12.3 Å². The molecule has 0 bridgehead atoms. The van der Waals surface area contributed by atoms with Gasteiger partial charge in [0.1, 0.15) is 6.04 Å². The van der Waals surface area contributed by atoms with E-state index >= 15 is 0 Å². The van der Waals surface area contributed by atoms with Crippen molar-refractivity contribution < 1.29 is 8.78 Å². The Bertz CT molecular complexity index is 348. The zero-order chi connectivity index (χ0) is 11.1. The van der Waals surface area contributed by atoms with E-state index < -0.39 is 18.0 Å². The third-order valence-corrected chi connectivity index (χ3v) is 3.02. The van der Waals surface area contributed by atoms with Crippen molar-refractivity contribution >= 4 is 0 Å². The van der Waals surface area contributed by atoms with Gasteiger partial charge in [-0.1, -0.05) is 0 Å². The molecule has 2 N–H and O–H groups in total. The lowest BCUT2D eigenvalue weighted by Gasteiger charge is -2.36. The lowest BCUT2D eigenvalue weighted by atomic mass is 9.87. The minimum atomic E-state index is -2.74. The Kier molecular flexibility index (Phi) is 2.50. The summed E-state index contributed by atoms with van der Waals surface area (Å²) in [5.41, 5.74) is 6.51. The first-order valence-electron chi connectivity index (χ1n) is 5.16. The smallest absolute Gasteiger partial charge is 0.271 e. The molecule has 1 saturated carbocycles. The topological polar surface area (TPSA) is 43.8 Å². The number of hydrogen-bond acceptors (Lipinski definition) is 2. The van der Waals surface area contributed by atoms with Crippen LogP contribution in [0.1, 0.15) is 31.0 Å². The van der Waals surface area contributed by atoms with E-state index in [-0.39, 0.29) is 6.42 Å². The summed E-state index contributed by atoms with van der Waals surface area (Å²) >= 11 is 0. The van der Waals surface area contributed by atoms with Crippen molar-refractivity contribution in [3.8, 4) is 0 Å². The van der Waals surface area contributed by atoms with Crippen LogP contribution in [-0.2, 0) is 0 Å². The molecule has 1 fully saturated rings. The number of nitrogens with zero attached hydrogens (tertiary/aromatic N) is 2. The quantitative estimate of drug-likeness (QED) is 0.777. The molecule has 0 saturated heterocycles. The van der Waals surface area contributed by atoms with Crippen LogP contribution in [0.3, 0.4) is 0 Å². The van der Waals surface area contributed by atoms with Gasteiger partial charge in [0.2, 0.25) is 0 Å². The number of aromatic nitrogens is 2. The molecule has 0 spiro atoms. The van der Waals surface area contributed by atoms with Gasteiger partial charge >= 0.3 is 0 Å². The van der Waals surface area contributed by atoms with Crippen molar-refractivity contribution in [1.82, 2.24) is 9.78 Å². The molecule has 1 aromatic rings. The Hall–Kier alpha value is -0.970. The molecule has 1 aromatic heterocycles. The molecule has 0 amide bonds. The van der Waals surface area contributed by atoms with Crippen LogP contribution in [0.5, 0.6) is 0 Å². The summed E-state index contributed by atoms with van der Waals surface area (Å²) in [4.78, 5) is 0. The summed E-state index contributed by atoms with van der Waals surface area (Å²) in [5.74, 6) is -2.74. The average molecular weight is 215 g/mol. The van der Waals surface area contributed by atoms with Crippen LogP contribution >= 0.6 is 0 Å². The molecule has 1 heterocycles. The summed E-state index contributed by atoms with van der Waals surface area (Å²) in [7, 11) is 0. The van der Waals surface area contributed by atoms with Crippen LogP contribution in [0.2, 0.25) is 0 Å². The lowest BCUT2D eigenvalue weighted by Crippen LogP contribution is -2.47. The van der Waals surface area contributed by atoms with Gasteiger partial charge in [-0.3, -0.25) is 4.68 Å². The van der Waals surface area contributed by atoms with E-state index in [0.29, 0.717) is 12.8 Å². The highest BCUT2D eigenvalue weighted by atomic mass is 19.3. The monoisotopic (exact) mass is 215 g/mol. The van der Waals surface area contributed by atoms with E-state index in [0.717, 1.165) is 5.69 Å².